The summed E-state index contributed by atoms with van der Waals surface area (Å²) in [5.74, 6) is -2.97. The fraction of sp³-hybridized carbons (Fsp3) is 0.500. The maximum absolute atomic E-state index is 11.3. The zero-order chi connectivity index (χ0) is 11.4. The van der Waals surface area contributed by atoms with Gasteiger partial charge in [-0.25, -0.2) is 0 Å². The predicted molar refractivity (Wildman–Crippen MR) is 50.9 cm³/mol. The summed E-state index contributed by atoms with van der Waals surface area (Å²) in [7, 11) is -4.44. The first-order valence-electron chi connectivity index (χ1n) is 3.46. The van der Waals surface area contributed by atoms with Crippen LogP contribution in [0.15, 0.2) is 0 Å². The van der Waals surface area contributed by atoms with E-state index in [4.69, 9.17) is 0 Å². The molecule has 0 bridgehead atoms. The Labute approximate surface area is 119 Å². The molecule has 7 nitrogen and oxygen atoms in total. The summed E-state index contributed by atoms with van der Waals surface area (Å²) in [6.07, 6.45) is 0. The molecule has 0 fully saturated rings. The Bertz CT molecular complexity index is 274. The van der Waals surface area contributed by atoms with Crippen LogP contribution >= 0.6 is 7.82 Å². The summed E-state index contributed by atoms with van der Waals surface area (Å²) in [4.78, 5) is 31.3. The van der Waals surface area contributed by atoms with Crippen LogP contribution in [0.25, 0.3) is 0 Å². The molecule has 0 aromatic rings. The van der Waals surface area contributed by atoms with Crippen molar-refractivity contribution in [2.24, 2.45) is 0 Å². The third-order valence-electron chi connectivity index (χ3n) is 0.721. The second-order valence-electron chi connectivity index (χ2n) is 2.20. The molecule has 9 heteroatoms. The van der Waals surface area contributed by atoms with E-state index in [2.05, 4.69) is 13.6 Å². The summed E-state index contributed by atoms with van der Waals surface area (Å²) < 4.78 is 23.6. The fourth-order valence-corrected chi connectivity index (χ4v) is 1.58. The van der Waals surface area contributed by atoms with Gasteiger partial charge in [-0.1, -0.05) is 0 Å². The first-order valence-corrected chi connectivity index (χ1v) is 4.92. The van der Waals surface area contributed by atoms with Crippen molar-refractivity contribution in [2.45, 2.75) is 20.8 Å². The molecule has 15 heavy (non-hydrogen) atoms. The SMILES string of the molecule is CC(=O)OP(=O)(OC(C)=O)OC(C)=O.[Ca+2].[H-].[H-]. The Morgan fingerprint density at radius 2 is 1.07 bits per heavy atom. The number of phosphoric ester groups is 1. The molecule has 0 N–H and O–H groups in total. The van der Waals surface area contributed by atoms with Gasteiger partial charge in [0.05, 0.1) is 0 Å². The van der Waals surface area contributed by atoms with Crippen molar-refractivity contribution < 1.29 is 35.4 Å². The standard InChI is InChI=1S/C6H9O7P.Ca.2H/c1-4(7)11-14(10,12-5(2)8)13-6(3)9;;;/h1-3H3;;;/q;+2;2*-1. The van der Waals surface area contributed by atoms with Crippen molar-refractivity contribution in [3.8, 4) is 0 Å². The maximum Gasteiger partial charge on any atom is 2.00 e. The average Bonchev–Trinajstić information content (AvgIpc) is 1.76. The van der Waals surface area contributed by atoms with E-state index < -0.39 is 25.7 Å². The minimum absolute atomic E-state index is 0. The Morgan fingerprint density at radius 3 is 1.20 bits per heavy atom. The number of carbonyl (C=O) groups excluding carboxylic acids is 3. The van der Waals surface area contributed by atoms with Crippen molar-refractivity contribution in [2.75, 3.05) is 0 Å². The van der Waals surface area contributed by atoms with Crippen LogP contribution in [-0.2, 0) is 32.5 Å². The van der Waals surface area contributed by atoms with Crippen LogP contribution in [0.5, 0.6) is 0 Å². The van der Waals surface area contributed by atoms with Gasteiger partial charge in [0, 0.05) is 20.8 Å². The van der Waals surface area contributed by atoms with Gasteiger partial charge in [0.15, 0.2) is 0 Å². The molecule has 0 heterocycles. The normalized spacial score (nSPS) is 9.53. The van der Waals surface area contributed by atoms with E-state index in [9.17, 15) is 18.9 Å². The van der Waals surface area contributed by atoms with E-state index in [0.29, 0.717) is 0 Å². The van der Waals surface area contributed by atoms with Gasteiger partial charge in [-0.15, -0.1) is 0 Å². The molecule has 0 atom stereocenters. The van der Waals surface area contributed by atoms with Crippen LogP contribution in [0.4, 0.5) is 0 Å². The van der Waals surface area contributed by atoms with Gasteiger partial charge in [-0.2, -0.15) is 4.57 Å². The molecule has 0 rings (SSSR count). The van der Waals surface area contributed by atoms with Crippen molar-refractivity contribution >= 4 is 63.5 Å². The fourth-order valence-electron chi connectivity index (χ4n) is 0.528. The Balaban J connectivity index is -0.000000282. The summed E-state index contributed by atoms with van der Waals surface area (Å²) in [5.41, 5.74) is 0. The van der Waals surface area contributed by atoms with Gasteiger partial charge < -0.3 is 16.4 Å². The molecule has 0 saturated carbocycles. The number of hydrogen-bond donors (Lipinski definition) is 0. The average molecular weight is 266 g/mol. The molecule has 0 saturated heterocycles. The minimum Gasteiger partial charge on any atom is -1.00 e. The van der Waals surface area contributed by atoms with Gasteiger partial charge in [0.2, 0.25) is 0 Å². The number of rotatable bonds is 3. The van der Waals surface area contributed by atoms with Gasteiger partial charge in [0.1, 0.15) is 0 Å². The molecular formula is C6H11CaO7P. The molecule has 0 amide bonds. The Morgan fingerprint density at radius 1 is 0.867 bits per heavy atom. The molecule has 0 aliphatic heterocycles. The van der Waals surface area contributed by atoms with E-state index in [1.54, 1.807) is 0 Å². The van der Waals surface area contributed by atoms with E-state index in [0.717, 1.165) is 20.8 Å². The number of hydrogen-bond acceptors (Lipinski definition) is 7. The van der Waals surface area contributed by atoms with Crippen molar-refractivity contribution in [1.82, 2.24) is 0 Å². The second-order valence-corrected chi connectivity index (χ2v) is 3.64. The number of carbonyl (C=O) groups is 3. The van der Waals surface area contributed by atoms with Crippen molar-refractivity contribution in [3.63, 3.8) is 0 Å². The first kappa shape index (κ1) is 17.3. The molecule has 0 radical (unpaired) electrons. The Kier molecular flexibility index (Phi) is 8.33. The topological polar surface area (TPSA) is 96.0 Å². The van der Waals surface area contributed by atoms with Crippen LogP contribution in [-0.4, -0.2) is 55.6 Å². The maximum atomic E-state index is 11.3. The molecule has 0 spiro atoms. The predicted octanol–water partition coefficient (Wildman–Crippen LogP) is 0.628. The largest absolute Gasteiger partial charge is 2.00 e. The zero-order valence-electron chi connectivity index (χ0n) is 10.5. The molecule has 84 valence electrons. The van der Waals surface area contributed by atoms with E-state index in [-0.39, 0.29) is 40.6 Å². The van der Waals surface area contributed by atoms with E-state index >= 15 is 0 Å². The Hall–Kier alpha value is -0.100. The molecule has 0 aliphatic rings. The van der Waals surface area contributed by atoms with Gasteiger partial charge in [0.25, 0.3) is 0 Å². The van der Waals surface area contributed by atoms with Crippen LogP contribution < -0.4 is 0 Å². The van der Waals surface area contributed by atoms with Crippen LogP contribution in [0.1, 0.15) is 23.6 Å². The number of phosphoric acid groups is 1. The summed E-state index contributed by atoms with van der Waals surface area (Å²) in [6.45, 7) is 2.79. The first-order chi connectivity index (χ1) is 6.25. The molecule has 0 aliphatic carbocycles. The van der Waals surface area contributed by atoms with E-state index in [1.807, 2.05) is 0 Å². The van der Waals surface area contributed by atoms with Crippen LogP contribution in [0, 0.1) is 0 Å². The second kappa shape index (κ2) is 7.22. The van der Waals surface area contributed by atoms with Crippen LogP contribution in [0.3, 0.4) is 0 Å². The van der Waals surface area contributed by atoms with Crippen molar-refractivity contribution in [1.29, 1.82) is 0 Å². The van der Waals surface area contributed by atoms with Crippen molar-refractivity contribution in [3.05, 3.63) is 0 Å². The third-order valence-corrected chi connectivity index (χ3v) is 2.16. The van der Waals surface area contributed by atoms with E-state index in [1.165, 1.54) is 0 Å². The van der Waals surface area contributed by atoms with Gasteiger partial charge in [-0.05, 0) is 0 Å². The summed E-state index contributed by atoms with van der Waals surface area (Å²) in [5, 5.41) is 0. The van der Waals surface area contributed by atoms with Crippen LogP contribution in [0.2, 0.25) is 0 Å². The molecule has 0 aromatic carbocycles. The zero-order valence-corrected chi connectivity index (χ0v) is 11.6. The quantitative estimate of drug-likeness (QED) is 0.546. The van der Waals surface area contributed by atoms with Gasteiger partial charge in [-0.3, -0.25) is 14.4 Å². The monoisotopic (exact) mass is 266 g/mol. The summed E-state index contributed by atoms with van der Waals surface area (Å²) in [6, 6.07) is 0. The third kappa shape index (κ3) is 8.87. The molecule has 0 unspecified atom stereocenters. The summed E-state index contributed by atoms with van der Waals surface area (Å²) >= 11 is 0. The molecule has 0 aromatic heterocycles. The van der Waals surface area contributed by atoms with Gasteiger partial charge >= 0.3 is 63.5 Å². The molecular weight excluding hydrogens is 255 g/mol. The smallest absolute Gasteiger partial charge is 1.00 e. The minimum atomic E-state index is -4.44.